The molecule has 0 bridgehead atoms. The Morgan fingerprint density at radius 1 is 1.47 bits per heavy atom. The van der Waals surface area contributed by atoms with Crippen molar-refractivity contribution in [3.8, 4) is 11.9 Å². The topological polar surface area (TPSA) is 45.4 Å². The number of ether oxygens (including phenoxy) is 1. The fraction of sp³-hybridized carbons (Fsp3) is 0.333. The number of thioether (sulfide) groups is 2. The third-order valence-corrected chi connectivity index (χ3v) is 4.64. The molecule has 1 rings (SSSR count). The average Bonchev–Trinajstić information content (AvgIpc) is 2.39. The molecule has 19 heavy (non-hydrogen) atoms. The second-order valence-corrected chi connectivity index (χ2v) is 6.29. The summed E-state index contributed by atoms with van der Waals surface area (Å²) in [6, 6.07) is 5.14. The Kier molecular flexibility index (Phi) is 8.15. The van der Waals surface area contributed by atoms with Crippen LogP contribution in [0.3, 0.4) is 0 Å². The van der Waals surface area contributed by atoms with Crippen LogP contribution in [0, 0.1) is 11.5 Å². The molecule has 0 spiro atoms. The minimum atomic E-state index is 0.510. The molecule has 0 radical (unpaired) electrons. The molecule has 7 heteroatoms. The van der Waals surface area contributed by atoms with Crippen LogP contribution in [0.2, 0.25) is 10.0 Å². The Labute approximate surface area is 131 Å². The van der Waals surface area contributed by atoms with Crippen molar-refractivity contribution in [1.29, 1.82) is 5.26 Å². The molecule has 0 saturated carbocycles. The number of hydrogen-bond acceptors (Lipinski definition) is 5. The van der Waals surface area contributed by atoms with Gasteiger partial charge in [-0.3, -0.25) is 0 Å². The van der Waals surface area contributed by atoms with E-state index < -0.39 is 0 Å². The van der Waals surface area contributed by atoms with Gasteiger partial charge in [0.25, 0.3) is 0 Å². The summed E-state index contributed by atoms with van der Waals surface area (Å²) in [5, 5.41) is 9.56. The maximum atomic E-state index is 8.46. The maximum absolute atomic E-state index is 8.46. The molecule has 0 amide bonds. The molecule has 0 aliphatic carbocycles. The molecule has 0 saturated heterocycles. The maximum Gasteiger partial charge on any atom is 0.207 e. The van der Waals surface area contributed by atoms with Crippen LogP contribution >= 0.6 is 46.7 Å². The lowest BCUT2D eigenvalue weighted by Crippen LogP contribution is -2.00. The summed E-state index contributed by atoms with van der Waals surface area (Å²) >= 11 is 14.8. The van der Waals surface area contributed by atoms with E-state index in [1.54, 1.807) is 36.2 Å². The molecule has 0 aliphatic rings. The Bertz CT molecular complexity index is 489. The molecule has 0 aromatic heterocycles. The van der Waals surface area contributed by atoms with E-state index in [4.69, 9.17) is 33.2 Å². The van der Waals surface area contributed by atoms with E-state index in [0.717, 1.165) is 16.5 Å². The molecular weight excluding hydrogens is 323 g/mol. The van der Waals surface area contributed by atoms with E-state index in [-0.39, 0.29) is 0 Å². The lowest BCUT2D eigenvalue weighted by Gasteiger charge is -2.08. The Balaban J connectivity index is 2.28. The van der Waals surface area contributed by atoms with Crippen molar-refractivity contribution < 1.29 is 4.74 Å². The van der Waals surface area contributed by atoms with Crippen molar-refractivity contribution >= 4 is 51.1 Å². The highest BCUT2D eigenvalue weighted by molar-refractivity contribution is 8.38. The molecule has 102 valence electrons. The SMILES string of the molecule is CSC(=NC#N)SCCCOc1ccc(Cl)cc1Cl. The standard InChI is InChI=1S/C12H12Cl2N2OS2/c1-18-12(16-8-15)19-6-2-5-17-11-4-3-9(13)7-10(11)14/h3-4,7H,2,5-6H2,1H3. The van der Waals surface area contributed by atoms with E-state index >= 15 is 0 Å². The van der Waals surface area contributed by atoms with Gasteiger partial charge >= 0.3 is 0 Å². The second kappa shape index (κ2) is 9.38. The summed E-state index contributed by atoms with van der Waals surface area (Å²) in [6.45, 7) is 0.558. The fourth-order valence-corrected chi connectivity index (χ4v) is 3.03. The quantitative estimate of drug-likeness (QED) is 0.339. The van der Waals surface area contributed by atoms with Crippen LogP contribution in [0.1, 0.15) is 6.42 Å². The first kappa shape index (κ1) is 16.5. The molecule has 0 unspecified atom stereocenters. The van der Waals surface area contributed by atoms with E-state index in [9.17, 15) is 0 Å². The summed E-state index contributed by atoms with van der Waals surface area (Å²) in [7, 11) is 0. The van der Waals surface area contributed by atoms with Gasteiger partial charge in [-0.15, -0.1) is 11.8 Å². The Hall–Kier alpha value is -0.540. The predicted octanol–water partition coefficient (Wildman–Crippen LogP) is 4.70. The number of rotatable bonds is 5. The predicted molar refractivity (Wildman–Crippen MR) is 85.6 cm³/mol. The zero-order chi connectivity index (χ0) is 14.1. The molecule has 0 aliphatic heterocycles. The normalized spacial score (nSPS) is 11.2. The molecule has 0 fully saturated rings. The van der Waals surface area contributed by atoms with Crippen LogP contribution < -0.4 is 4.74 Å². The average molecular weight is 335 g/mol. The van der Waals surface area contributed by atoms with E-state index in [1.165, 1.54) is 11.8 Å². The zero-order valence-electron chi connectivity index (χ0n) is 10.2. The van der Waals surface area contributed by atoms with Gasteiger partial charge in [0.1, 0.15) is 10.1 Å². The van der Waals surface area contributed by atoms with E-state index in [2.05, 4.69) is 4.99 Å². The Morgan fingerprint density at radius 2 is 2.26 bits per heavy atom. The summed E-state index contributed by atoms with van der Waals surface area (Å²) in [4.78, 5) is 3.69. The van der Waals surface area contributed by atoms with Crippen LogP contribution in [-0.2, 0) is 0 Å². The van der Waals surface area contributed by atoms with Gasteiger partial charge in [0.2, 0.25) is 6.19 Å². The molecular formula is C12H12Cl2N2OS2. The fourth-order valence-electron chi connectivity index (χ4n) is 1.17. The number of hydrogen-bond donors (Lipinski definition) is 0. The highest BCUT2D eigenvalue weighted by Crippen LogP contribution is 2.27. The van der Waals surface area contributed by atoms with Gasteiger partial charge in [-0.25, -0.2) is 0 Å². The van der Waals surface area contributed by atoms with Crippen LogP contribution in [-0.4, -0.2) is 23.0 Å². The Morgan fingerprint density at radius 3 is 2.89 bits per heavy atom. The van der Waals surface area contributed by atoms with Gasteiger partial charge in [-0.1, -0.05) is 35.0 Å². The van der Waals surface area contributed by atoms with Crippen LogP contribution in [0.25, 0.3) is 0 Å². The van der Waals surface area contributed by atoms with Crippen LogP contribution in [0.15, 0.2) is 23.2 Å². The number of aliphatic imine (C=N–C) groups is 1. The van der Waals surface area contributed by atoms with Crippen LogP contribution in [0.4, 0.5) is 0 Å². The van der Waals surface area contributed by atoms with E-state index in [0.29, 0.717) is 22.4 Å². The smallest absolute Gasteiger partial charge is 0.207 e. The van der Waals surface area contributed by atoms with Gasteiger partial charge in [0.15, 0.2) is 0 Å². The second-order valence-electron chi connectivity index (χ2n) is 3.31. The third kappa shape index (κ3) is 6.44. The molecule has 0 atom stereocenters. The van der Waals surface area contributed by atoms with Crippen molar-refractivity contribution in [3.05, 3.63) is 28.2 Å². The van der Waals surface area contributed by atoms with Crippen LogP contribution in [0.5, 0.6) is 5.75 Å². The van der Waals surface area contributed by atoms with E-state index in [1.807, 2.05) is 6.26 Å². The molecule has 3 nitrogen and oxygen atoms in total. The van der Waals surface area contributed by atoms with Gasteiger partial charge in [-0.05, 0) is 30.9 Å². The van der Waals surface area contributed by atoms with Gasteiger partial charge < -0.3 is 4.74 Å². The molecule has 0 heterocycles. The summed E-state index contributed by atoms with van der Waals surface area (Å²) in [5.74, 6) is 1.47. The first-order chi connectivity index (χ1) is 9.17. The highest BCUT2D eigenvalue weighted by atomic mass is 35.5. The van der Waals surface area contributed by atoms with Crippen molar-refractivity contribution in [2.24, 2.45) is 4.99 Å². The highest BCUT2D eigenvalue weighted by Gasteiger charge is 2.03. The molecule has 1 aromatic rings. The van der Waals surface area contributed by atoms with Gasteiger partial charge in [0.05, 0.1) is 11.6 Å². The van der Waals surface area contributed by atoms with Crippen molar-refractivity contribution in [2.75, 3.05) is 18.6 Å². The monoisotopic (exact) mass is 334 g/mol. The number of halogens is 2. The van der Waals surface area contributed by atoms with Crippen molar-refractivity contribution in [2.45, 2.75) is 6.42 Å². The zero-order valence-corrected chi connectivity index (χ0v) is 13.4. The minimum absolute atomic E-state index is 0.510. The lowest BCUT2D eigenvalue weighted by molar-refractivity contribution is 0.319. The number of nitrogens with zero attached hydrogens (tertiary/aromatic N) is 2. The number of benzene rings is 1. The van der Waals surface area contributed by atoms with Gasteiger partial charge in [0, 0.05) is 10.8 Å². The minimum Gasteiger partial charge on any atom is -0.492 e. The summed E-state index contributed by atoms with van der Waals surface area (Å²) < 4.78 is 6.32. The molecule has 1 aromatic carbocycles. The summed E-state index contributed by atoms with van der Waals surface area (Å²) in [5.41, 5.74) is 0. The van der Waals surface area contributed by atoms with Crippen molar-refractivity contribution in [1.82, 2.24) is 0 Å². The largest absolute Gasteiger partial charge is 0.492 e. The first-order valence-electron chi connectivity index (χ1n) is 5.38. The third-order valence-electron chi connectivity index (χ3n) is 1.98. The van der Waals surface area contributed by atoms with Gasteiger partial charge in [-0.2, -0.15) is 10.3 Å². The number of nitriles is 1. The van der Waals surface area contributed by atoms with Crippen molar-refractivity contribution in [3.63, 3.8) is 0 Å². The first-order valence-corrected chi connectivity index (χ1v) is 8.35. The molecule has 0 N–H and O–H groups in total. The summed E-state index contributed by atoms with van der Waals surface area (Å²) in [6.07, 6.45) is 4.52. The lowest BCUT2D eigenvalue weighted by atomic mass is 10.3.